The molecular formula is C18H16ClFN2O2. The molecule has 3 rings (SSSR count). The average Bonchev–Trinajstić information content (AvgIpc) is 3.07. The summed E-state index contributed by atoms with van der Waals surface area (Å²) in [4.78, 5) is 26.7. The fraction of sp³-hybridized carbons (Fsp3) is 0.222. The smallest absolute Gasteiger partial charge is 0.254 e. The Labute approximate surface area is 144 Å². The maximum absolute atomic E-state index is 12.9. The van der Waals surface area contributed by atoms with Crippen LogP contribution in [-0.4, -0.2) is 29.3 Å². The third-order valence-electron chi connectivity index (χ3n) is 4.02. The number of anilines is 1. The van der Waals surface area contributed by atoms with Gasteiger partial charge in [0, 0.05) is 22.8 Å². The lowest BCUT2D eigenvalue weighted by Gasteiger charge is -2.24. The lowest BCUT2D eigenvalue weighted by atomic mass is 10.1. The number of nitrogens with one attached hydrogen (secondary N) is 1. The van der Waals surface area contributed by atoms with Crippen molar-refractivity contribution < 1.29 is 14.0 Å². The van der Waals surface area contributed by atoms with Crippen LogP contribution < -0.4 is 5.32 Å². The van der Waals surface area contributed by atoms with Crippen molar-refractivity contribution >= 4 is 29.1 Å². The van der Waals surface area contributed by atoms with Crippen molar-refractivity contribution in [1.29, 1.82) is 0 Å². The topological polar surface area (TPSA) is 49.4 Å². The summed E-state index contributed by atoms with van der Waals surface area (Å²) >= 11 is 5.84. The van der Waals surface area contributed by atoms with Crippen molar-refractivity contribution in [3.8, 4) is 0 Å². The summed E-state index contributed by atoms with van der Waals surface area (Å²) in [5.74, 6) is -0.821. The van der Waals surface area contributed by atoms with Gasteiger partial charge in [-0.05, 0) is 61.4 Å². The van der Waals surface area contributed by atoms with Gasteiger partial charge in [0.05, 0.1) is 0 Å². The Balaban J connectivity index is 1.72. The van der Waals surface area contributed by atoms with Gasteiger partial charge in [-0.1, -0.05) is 11.6 Å². The van der Waals surface area contributed by atoms with Gasteiger partial charge in [0.15, 0.2) is 0 Å². The van der Waals surface area contributed by atoms with Crippen LogP contribution in [0.15, 0.2) is 48.5 Å². The molecule has 6 heteroatoms. The predicted octanol–water partition coefficient (Wildman–Crippen LogP) is 3.72. The Morgan fingerprint density at radius 3 is 2.42 bits per heavy atom. The minimum absolute atomic E-state index is 0.191. The first-order chi connectivity index (χ1) is 11.5. The molecule has 1 aliphatic heterocycles. The van der Waals surface area contributed by atoms with E-state index in [9.17, 15) is 14.0 Å². The van der Waals surface area contributed by atoms with Gasteiger partial charge < -0.3 is 10.2 Å². The van der Waals surface area contributed by atoms with E-state index in [4.69, 9.17) is 11.6 Å². The first kappa shape index (κ1) is 16.5. The fourth-order valence-electron chi connectivity index (χ4n) is 2.80. The zero-order valence-electron chi connectivity index (χ0n) is 12.8. The molecule has 2 aromatic rings. The van der Waals surface area contributed by atoms with Gasteiger partial charge in [0.25, 0.3) is 5.91 Å². The van der Waals surface area contributed by atoms with E-state index in [0.29, 0.717) is 29.2 Å². The minimum atomic E-state index is -0.529. The number of hydrogen-bond donors (Lipinski definition) is 1. The molecule has 0 spiro atoms. The SMILES string of the molecule is O=C(Nc1ccc(F)cc1)[C@@H]1CCCN1C(=O)c1ccc(Cl)cc1. The Hall–Kier alpha value is -2.40. The van der Waals surface area contributed by atoms with E-state index in [1.807, 2.05) is 0 Å². The zero-order valence-corrected chi connectivity index (χ0v) is 13.6. The van der Waals surface area contributed by atoms with Gasteiger partial charge in [-0.15, -0.1) is 0 Å². The summed E-state index contributed by atoms with van der Waals surface area (Å²) in [5.41, 5.74) is 1.01. The Bertz CT molecular complexity index is 747. The van der Waals surface area contributed by atoms with Crippen LogP contribution in [0.4, 0.5) is 10.1 Å². The molecule has 0 radical (unpaired) electrons. The van der Waals surface area contributed by atoms with E-state index in [1.165, 1.54) is 24.3 Å². The molecule has 1 N–H and O–H groups in total. The van der Waals surface area contributed by atoms with Gasteiger partial charge in [-0.3, -0.25) is 9.59 Å². The summed E-state index contributed by atoms with van der Waals surface area (Å²) in [5, 5.41) is 3.29. The summed E-state index contributed by atoms with van der Waals surface area (Å²) in [6.45, 7) is 0.531. The number of nitrogens with zero attached hydrogens (tertiary/aromatic N) is 1. The van der Waals surface area contributed by atoms with Crippen LogP contribution in [0.3, 0.4) is 0 Å². The predicted molar refractivity (Wildman–Crippen MR) is 90.5 cm³/mol. The molecule has 24 heavy (non-hydrogen) atoms. The third-order valence-corrected chi connectivity index (χ3v) is 4.27. The van der Waals surface area contributed by atoms with Crippen molar-refractivity contribution in [3.63, 3.8) is 0 Å². The molecule has 1 atom stereocenters. The van der Waals surface area contributed by atoms with Crippen LogP contribution in [0.5, 0.6) is 0 Å². The molecule has 1 heterocycles. The molecule has 1 saturated heterocycles. The summed E-state index contributed by atoms with van der Waals surface area (Å²) in [6.07, 6.45) is 1.37. The van der Waals surface area contributed by atoms with E-state index in [-0.39, 0.29) is 17.6 Å². The largest absolute Gasteiger partial charge is 0.327 e. The maximum Gasteiger partial charge on any atom is 0.254 e. The monoisotopic (exact) mass is 346 g/mol. The molecule has 2 amide bonds. The van der Waals surface area contributed by atoms with Crippen LogP contribution in [0.1, 0.15) is 23.2 Å². The minimum Gasteiger partial charge on any atom is -0.327 e. The number of carbonyl (C=O) groups is 2. The molecule has 1 fully saturated rings. The highest BCUT2D eigenvalue weighted by Crippen LogP contribution is 2.22. The van der Waals surface area contributed by atoms with Crippen LogP contribution in [0, 0.1) is 5.82 Å². The van der Waals surface area contributed by atoms with E-state index < -0.39 is 6.04 Å². The van der Waals surface area contributed by atoms with Crippen molar-refractivity contribution in [2.24, 2.45) is 0 Å². The fourth-order valence-corrected chi connectivity index (χ4v) is 2.93. The third kappa shape index (κ3) is 3.57. The van der Waals surface area contributed by atoms with Gasteiger partial charge in [-0.2, -0.15) is 0 Å². The van der Waals surface area contributed by atoms with Crippen LogP contribution in [0.2, 0.25) is 5.02 Å². The molecule has 0 bridgehead atoms. The number of rotatable bonds is 3. The molecule has 4 nitrogen and oxygen atoms in total. The summed E-state index contributed by atoms with van der Waals surface area (Å²) in [6, 6.07) is 11.6. The first-order valence-corrected chi connectivity index (χ1v) is 8.05. The van der Waals surface area contributed by atoms with Crippen LogP contribution >= 0.6 is 11.6 Å². The zero-order chi connectivity index (χ0) is 17.1. The quantitative estimate of drug-likeness (QED) is 0.920. The van der Waals surface area contributed by atoms with E-state index in [1.54, 1.807) is 29.2 Å². The highest BCUT2D eigenvalue weighted by atomic mass is 35.5. The second kappa shape index (κ2) is 7.01. The number of hydrogen-bond acceptors (Lipinski definition) is 2. The maximum atomic E-state index is 12.9. The lowest BCUT2D eigenvalue weighted by Crippen LogP contribution is -2.43. The number of benzene rings is 2. The van der Waals surface area contributed by atoms with Crippen molar-refractivity contribution in [2.75, 3.05) is 11.9 Å². The molecule has 0 saturated carbocycles. The number of halogens is 2. The van der Waals surface area contributed by atoms with Crippen molar-refractivity contribution in [1.82, 2.24) is 4.90 Å². The Morgan fingerprint density at radius 1 is 1.08 bits per heavy atom. The lowest BCUT2D eigenvalue weighted by molar-refractivity contribution is -0.119. The molecular weight excluding hydrogens is 331 g/mol. The standard InChI is InChI=1S/C18H16ClFN2O2/c19-13-5-3-12(4-6-13)18(24)22-11-1-2-16(22)17(23)21-15-9-7-14(20)8-10-15/h3-10,16H,1-2,11H2,(H,21,23)/t16-/m0/s1. The van der Waals surface area contributed by atoms with Gasteiger partial charge in [0.1, 0.15) is 11.9 Å². The number of likely N-dealkylation sites (tertiary alicyclic amines) is 1. The number of amides is 2. The van der Waals surface area contributed by atoms with Gasteiger partial charge >= 0.3 is 0 Å². The molecule has 0 aliphatic carbocycles. The molecule has 1 aliphatic rings. The second-order valence-corrected chi connectivity index (χ2v) is 6.10. The van der Waals surface area contributed by atoms with Crippen LogP contribution in [-0.2, 0) is 4.79 Å². The molecule has 124 valence electrons. The van der Waals surface area contributed by atoms with Crippen LogP contribution in [0.25, 0.3) is 0 Å². The van der Waals surface area contributed by atoms with E-state index >= 15 is 0 Å². The average molecular weight is 347 g/mol. The first-order valence-electron chi connectivity index (χ1n) is 7.67. The molecule has 0 aromatic heterocycles. The van der Waals surface area contributed by atoms with Crippen molar-refractivity contribution in [2.45, 2.75) is 18.9 Å². The highest BCUT2D eigenvalue weighted by Gasteiger charge is 2.34. The number of carbonyl (C=O) groups excluding carboxylic acids is 2. The van der Waals surface area contributed by atoms with Crippen molar-refractivity contribution in [3.05, 3.63) is 64.9 Å². The Morgan fingerprint density at radius 2 is 1.75 bits per heavy atom. The molecule has 0 unspecified atom stereocenters. The summed E-state index contributed by atoms with van der Waals surface area (Å²) in [7, 11) is 0. The summed E-state index contributed by atoms with van der Waals surface area (Å²) < 4.78 is 12.9. The van der Waals surface area contributed by atoms with E-state index in [2.05, 4.69) is 5.32 Å². The van der Waals surface area contributed by atoms with Gasteiger partial charge in [0.2, 0.25) is 5.91 Å². The van der Waals surface area contributed by atoms with E-state index in [0.717, 1.165) is 6.42 Å². The second-order valence-electron chi connectivity index (χ2n) is 5.66. The molecule has 2 aromatic carbocycles. The highest BCUT2D eigenvalue weighted by molar-refractivity contribution is 6.30. The Kier molecular flexibility index (Phi) is 4.81. The normalized spacial score (nSPS) is 16.9. The van der Waals surface area contributed by atoms with Gasteiger partial charge in [-0.25, -0.2) is 4.39 Å².